The van der Waals surface area contributed by atoms with Crippen LogP contribution in [0.1, 0.15) is 19.3 Å². The van der Waals surface area contributed by atoms with Crippen molar-refractivity contribution in [2.75, 3.05) is 28.2 Å². The number of rotatable bonds is 4. The third kappa shape index (κ3) is 3.54. The van der Waals surface area contributed by atoms with Gasteiger partial charge in [0, 0.05) is 31.3 Å². The smallest absolute Gasteiger partial charge is 0.229 e. The van der Waals surface area contributed by atoms with E-state index >= 15 is 0 Å². The number of amides is 3. The van der Waals surface area contributed by atoms with Crippen LogP contribution >= 0.6 is 0 Å². The molecule has 2 saturated heterocycles. The standard InChI is InChI=1S/C25H23N3O3/c29-23-13-6-14-27(23)22-11-4-3-10-20(22)26-25(31)18-15-24(30)28(16-18)21-12-5-8-17-7-1-2-9-19(17)21/h1-5,7-12,18H,6,13-16H2,(H,26,31)/t18-/m0/s1. The van der Waals surface area contributed by atoms with Gasteiger partial charge in [-0.25, -0.2) is 0 Å². The molecule has 2 aliphatic rings. The number of hydrogen-bond donors (Lipinski definition) is 1. The minimum absolute atomic E-state index is 0.0560. The first-order chi connectivity index (χ1) is 15.1. The number of carbonyl (C=O) groups is 3. The zero-order valence-corrected chi connectivity index (χ0v) is 17.1. The van der Waals surface area contributed by atoms with Gasteiger partial charge in [0.1, 0.15) is 0 Å². The third-order valence-electron chi connectivity index (χ3n) is 6.08. The van der Waals surface area contributed by atoms with Crippen molar-refractivity contribution in [2.24, 2.45) is 5.92 Å². The Bertz CT molecular complexity index is 1180. The van der Waals surface area contributed by atoms with Gasteiger partial charge >= 0.3 is 0 Å². The lowest BCUT2D eigenvalue weighted by atomic mass is 10.1. The van der Waals surface area contributed by atoms with Crippen LogP contribution in [0.3, 0.4) is 0 Å². The number of carbonyl (C=O) groups excluding carboxylic acids is 3. The molecule has 3 aromatic carbocycles. The molecule has 2 heterocycles. The van der Waals surface area contributed by atoms with E-state index in [2.05, 4.69) is 5.32 Å². The molecule has 6 nitrogen and oxygen atoms in total. The molecular weight excluding hydrogens is 390 g/mol. The van der Waals surface area contributed by atoms with Crippen LogP contribution in [0.4, 0.5) is 17.1 Å². The average Bonchev–Trinajstić information content (AvgIpc) is 3.39. The van der Waals surface area contributed by atoms with E-state index in [1.54, 1.807) is 15.9 Å². The van der Waals surface area contributed by atoms with Crippen LogP contribution in [-0.2, 0) is 14.4 Å². The van der Waals surface area contributed by atoms with Gasteiger partial charge in [0.15, 0.2) is 0 Å². The minimum atomic E-state index is -0.450. The fourth-order valence-electron chi connectivity index (χ4n) is 4.51. The number of nitrogens with one attached hydrogen (secondary N) is 1. The van der Waals surface area contributed by atoms with E-state index in [0.29, 0.717) is 30.9 Å². The maximum absolute atomic E-state index is 13.1. The van der Waals surface area contributed by atoms with Gasteiger partial charge in [-0.1, -0.05) is 48.5 Å². The summed E-state index contributed by atoms with van der Waals surface area (Å²) in [6.07, 6.45) is 1.51. The Balaban J connectivity index is 1.36. The number of nitrogens with zero attached hydrogens (tertiary/aromatic N) is 2. The minimum Gasteiger partial charge on any atom is -0.324 e. The lowest BCUT2D eigenvalue weighted by Gasteiger charge is -2.21. The zero-order chi connectivity index (χ0) is 21.4. The maximum atomic E-state index is 13.1. The van der Waals surface area contributed by atoms with E-state index in [1.165, 1.54) is 0 Å². The quantitative estimate of drug-likeness (QED) is 0.704. The fraction of sp³-hybridized carbons (Fsp3) is 0.240. The summed E-state index contributed by atoms with van der Waals surface area (Å²) < 4.78 is 0. The lowest BCUT2D eigenvalue weighted by Crippen LogP contribution is -2.29. The molecule has 31 heavy (non-hydrogen) atoms. The number of para-hydroxylation sites is 2. The van der Waals surface area contributed by atoms with E-state index in [1.807, 2.05) is 60.7 Å². The number of hydrogen-bond acceptors (Lipinski definition) is 3. The maximum Gasteiger partial charge on any atom is 0.229 e. The number of anilines is 3. The summed E-state index contributed by atoms with van der Waals surface area (Å²) in [5, 5.41) is 5.03. The Labute approximate surface area is 180 Å². The van der Waals surface area contributed by atoms with Gasteiger partial charge in [-0.3, -0.25) is 14.4 Å². The Kier molecular flexibility index (Phi) is 4.90. The number of fused-ring (bicyclic) bond motifs is 1. The highest BCUT2D eigenvalue weighted by Crippen LogP contribution is 2.33. The summed E-state index contributed by atoms with van der Waals surface area (Å²) in [6, 6.07) is 21.1. The van der Waals surface area contributed by atoms with Crippen LogP contribution in [0.5, 0.6) is 0 Å². The van der Waals surface area contributed by atoms with Gasteiger partial charge in [0.25, 0.3) is 0 Å². The van der Waals surface area contributed by atoms with E-state index < -0.39 is 5.92 Å². The Morgan fingerprint density at radius 3 is 2.42 bits per heavy atom. The normalized spacial score (nSPS) is 18.8. The van der Waals surface area contributed by atoms with E-state index in [0.717, 1.165) is 22.9 Å². The molecule has 1 N–H and O–H groups in total. The van der Waals surface area contributed by atoms with Gasteiger partial charge in [-0.15, -0.1) is 0 Å². The first-order valence-electron chi connectivity index (χ1n) is 10.6. The van der Waals surface area contributed by atoms with Crippen molar-refractivity contribution in [3.8, 4) is 0 Å². The molecule has 1 atom stereocenters. The third-order valence-corrected chi connectivity index (χ3v) is 6.08. The van der Waals surface area contributed by atoms with Crippen molar-refractivity contribution in [3.63, 3.8) is 0 Å². The molecule has 6 heteroatoms. The van der Waals surface area contributed by atoms with Crippen molar-refractivity contribution in [2.45, 2.75) is 19.3 Å². The molecule has 0 aromatic heterocycles. The average molecular weight is 413 g/mol. The molecule has 0 bridgehead atoms. The van der Waals surface area contributed by atoms with Crippen LogP contribution < -0.4 is 15.1 Å². The molecule has 0 spiro atoms. The second-order valence-corrected chi connectivity index (χ2v) is 8.06. The van der Waals surface area contributed by atoms with Crippen molar-refractivity contribution in [3.05, 3.63) is 66.7 Å². The zero-order valence-electron chi connectivity index (χ0n) is 17.1. The molecule has 5 rings (SSSR count). The molecule has 0 saturated carbocycles. The van der Waals surface area contributed by atoms with E-state index in [-0.39, 0.29) is 24.1 Å². The molecule has 2 fully saturated rings. The largest absolute Gasteiger partial charge is 0.324 e. The van der Waals surface area contributed by atoms with E-state index in [4.69, 9.17) is 0 Å². The molecule has 3 aromatic rings. The topological polar surface area (TPSA) is 69.7 Å². The van der Waals surface area contributed by atoms with Crippen molar-refractivity contribution in [1.29, 1.82) is 0 Å². The highest BCUT2D eigenvalue weighted by Gasteiger charge is 2.36. The molecule has 2 aliphatic heterocycles. The van der Waals surface area contributed by atoms with Gasteiger partial charge in [-0.2, -0.15) is 0 Å². The summed E-state index contributed by atoms with van der Waals surface area (Å²) in [6.45, 7) is 0.992. The summed E-state index contributed by atoms with van der Waals surface area (Å²) in [5.74, 6) is -0.636. The summed E-state index contributed by atoms with van der Waals surface area (Å²) >= 11 is 0. The Hall–Kier alpha value is -3.67. The molecule has 0 aliphatic carbocycles. The van der Waals surface area contributed by atoms with Gasteiger partial charge < -0.3 is 15.1 Å². The van der Waals surface area contributed by atoms with Crippen LogP contribution in [-0.4, -0.2) is 30.8 Å². The lowest BCUT2D eigenvalue weighted by molar-refractivity contribution is -0.122. The second kappa shape index (κ2) is 7.87. The first kappa shape index (κ1) is 19.3. The Morgan fingerprint density at radius 1 is 0.839 bits per heavy atom. The van der Waals surface area contributed by atoms with Gasteiger partial charge in [0.05, 0.1) is 23.0 Å². The fourth-order valence-corrected chi connectivity index (χ4v) is 4.51. The van der Waals surface area contributed by atoms with Crippen LogP contribution in [0, 0.1) is 5.92 Å². The molecule has 3 amide bonds. The van der Waals surface area contributed by atoms with Crippen LogP contribution in [0.2, 0.25) is 0 Å². The van der Waals surface area contributed by atoms with Crippen molar-refractivity contribution >= 4 is 45.6 Å². The Morgan fingerprint density at radius 2 is 1.58 bits per heavy atom. The predicted octanol–water partition coefficient (Wildman–Crippen LogP) is 3.96. The van der Waals surface area contributed by atoms with Crippen molar-refractivity contribution < 1.29 is 14.4 Å². The predicted molar refractivity (Wildman–Crippen MR) is 121 cm³/mol. The molecular formula is C25H23N3O3. The van der Waals surface area contributed by atoms with Crippen LogP contribution in [0.15, 0.2) is 66.7 Å². The molecule has 0 radical (unpaired) electrons. The highest BCUT2D eigenvalue weighted by atomic mass is 16.2. The van der Waals surface area contributed by atoms with Crippen LogP contribution in [0.25, 0.3) is 10.8 Å². The molecule has 0 unspecified atom stereocenters. The summed E-state index contributed by atoms with van der Waals surface area (Å²) in [5.41, 5.74) is 2.16. The summed E-state index contributed by atoms with van der Waals surface area (Å²) in [7, 11) is 0. The second-order valence-electron chi connectivity index (χ2n) is 8.06. The monoisotopic (exact) mass is 413 g/mol. The van der Waals surface area contributed by atoms with Gasteiger partial charge in [0.2, 0.25) is 17.7 Å². The summed E-state index contributed by atoms with van der Waals surface area (Å²) in [4.78, 5) is 41.5. The SMILES string of the molecule is O=C(Nc1ccccc1N1CCCC1=O)[C@H]1CC(=O)N(c2cccc3ccccc23)C1. The van der Waals surface area contributed by atoms with Crippen molar-refractivity contribution in [1.82, 2.24) is 0 Å². The molecule has 156 valence electrons. The van der Waals surface area contributed by atoms with E-state index in [9.17, 15) is 14.4 Å². The highest BCUT2D eigenvalue weighted by molar-refractivity contribution is 6.09. The number of benzene rings is 3. The van der Waals surface area contributed by atoms with Gasteiger partial charge in [-0.05, 0) is 30.0 Å². The first-order valence-corrected chi connectivity index (χ1v) is 10.6.